The highest BCUT2D eigenvalue weighted by Crippen LogP contribution is 2.32. The van der Waals surface area contributed by atoms with Gasteiger partial charge < -0.3 is 10.4 Å². The summed E-state index contributed by atoms with van der Waals surface area (Å²) in [5.41, 5.74) is -0.446. The number of aliphatic carboxylic acids is 1. The van der Waals surface area contributed by atoms with Crippen LogP contribution < -0.4 is 5.32 Å². The Morgan fingerprint density at radius 1 is 1.10 bits per heavy atom. The Labute approximate surface area is 172 Å². The van der Waals surface area contributed by atoms with Crippen LogP contribution in [0.25, 0.3) is 10.6 Å². The molecular formula is C20H14F4N2O3S. The number of hydrogen-bond acceptors (Lipinski definition) is 4. The molecule has 10 heteroatoms. The van der Waals surface area contributed by atoms with Gasteiger partial charge in [0.05, 0.1) is 18.0 Å². The first-order chi connectivity index (χ1) is 14.1. The van der Waals surface area contributed by atoms with Gasteiger partial charge in [0, 0.05) is 16.5 Å². The maximum atomic E-state index is 14.0. The van der Waals surface area contributed by atoms with E-state index in [1.165, 1.54) is 35.7 Å². The standard InChI is InChI=1S/C20H14F4N2O3S/c21-14-4-2-1-3-13(14)15(9-17(27)28)25-18(29)16-10-30-19(26-16)11-5-7-12(8-6-11)20(22,23)24/h1-8,10,15H,9H2,(H,25,29)(H,27,28). The number of nitrogens with one attached hydrogen (secondary N) is 1. The van der Waals surface area contributed by atoms with E-state index in [0.29, 0.717) is 10.6 Å². The zero-order valence-corrected chi connectivity index (χ0v) is 15.9. The van der Waals surface area contributed by atoms with Crippen molar-refractivity contribution < 1.29 is 32.3 Å². The highest BCUT2D eigenvalue weighted by atomic mass is 32.1. The molecule has 3 aromatic rings. The third kappa shape index (κ3) is 5.01. The van der Waals surface area contributed by atoms with Gasteiger partial charge in [0.25, 0.3) is 5.91 Å². The molecule has 2 aromatic carbocycles. The van der Waals surface area contributed by atoms with E-state index < -0.39 is 41.9 Å². The number of carboxylic acids is 1. The molecule has 0 aliphatic rings. The summed E-state index contributed by atoms with van der Waals surface area (Å²) in [4.78, 5) is 27.8. The number of nitrogens with zero attached hydrogens (tertiary/aromatic N) is 1. The quantitative estimate of drug-likeness (QED) is 0.536. The minimum absolute atomic E-state index is 0.0199. The molecule has 0 bridgehead atoms. The van der Waals surface area contributed by atoms with Crippen molar-refractivity contribution in [3.63, 3.8) is 0 Å². The lowest BCUT2D eigenvalue weighted by Crippen LogP contribution is -2.31. The average Bonchev–Trinajstić information content (AvgIpc) is 3.17. The molecule has 0 radical (unpaired) electrons. The Morgan fingerprint density at radius 2 is 1.77 bits per heavy atom. The summed E-state index contributed by atoms with van der Waals surface area (Å²) in [5, 5.41) is 13.2. The molecular weight excluding hydrogens is 424 g/mol. The van der Waals surface area contributed by atoms with Gasteiger partial charge in [-0.05, 0) is 18.2 Å². The van der Waals surface area contributed by atoms with E-state index in [1.807, 2.05) is 0 Å². The third-order valence-corrected chi connectivity index (χ3v) is 5.05. The van der Waals surface area contributed by atoms with Crippen LogP contribution in [-0.4, -0.2) is 22.0 Å². The largest absolute Gasteiger partial charge is 0.481 e. The summed E-state index contributed by atoms with van der Waals surface area (Å²) in [6.07, 6.45) is -5.00. The fraction of sp³-hybridized carbons (Fsp3) is 0.150. The van der Waals surface area contributed by atoms with Gasteiger partial charge >= 0.3 is 12.1 Å². The molecule has 1 unspecified atom stereocenters. The zero-order chi connectivity index (χ0) is 21.9. The number of carbonyl (C=O) groups is 2. The number of benzene rings is 2. The second kappa shape index (κ2) is 8.62. The summed E-state index contributed by atoms with van der Waals surface area (Å²) >= 11 is 1.04. The van der Waals surface area contributed by atoms with Crippen molar-refractivity contribution in [1.29, 1.82) is 0 Å². The molecule has 2 N–H and O–H groups in total. The molecule has 0 saturated heterocycles. The molecule has 1 atom stereocenters. The Kier molecular flexibility index (Phi) is 6.16. The number of carbonyl (C=O) groups excluding carboxylic acids is 1. The van der Waals surface area contributed by atoms with Gasteiger partial charge in [0.1, 0.15) is 16.5 Å². The monoisotopic (exact) mass is 438 g/mol. The summed E-state index contributed by atoms with van der Waals surface area (Å²) in [7, 11) is 0. The highest BCUT2D eigenvalue weighted by Gasteiger charge is 2.30. The molecule has 1 aromatic heterocycles. The predicted molar refractivity (Wildman–Crippen MR) is 101 cm³/mol. The second-order valence-corrected chi connectivity index (χ2v) is 7.12. The summed E-state index contributed by atoms with van der Waals surface area (Å²) in [5.74, 6) is -2.61. The van der Waals surface area contributed by atoms with E-state index in [4.69, 9.17) is 5.11 Å². The average molecular weight is 438 g/mol. The Hall–Kier alpha value is -3.27. The minimum Gasteiger partial charge on any atom is -0.481 e. The molecule has 0 aliphatic carbocycles. The number of alkyl halides is 3. The lowest BCUT2D eigenvalue weighted by molar-refractivity contribution is -0.138. The van der Waals surface area contributed by atoms with Crippen LogP contribution in [0.2, 0.25) is 0 Å². The zero-order valence-electron chi connectivity index (χ0n) is 15.1. The number of aromatic nitrogens is 1. The fourth-order valence-electron chi connectivity index (χ4n) is 2.72. The van der Waals surface area contributed by atoms with Crippen molar-refractivity contribution in [3.05, 3.63) is 76.5 Å². The van der Waals surface area contributed by atoms with Gasteiger partial charge in [0.2, 0.25) is 0 Å². The second-order valence-electron chi connectivity index (χ2n) is 6.26. The maximum Gasteiger partial charge on any atom is 0.416 e. The lowest BCUT2D eigenvalue weighted by Gasteiger charge is -2.17. The molecule has 1 heterocycles. The highest BCUT2D eigenvalue weighted by molar-refractivity contribution is 7.13. The van der Waals surface area contributed by atoms with Crippen LogP contribution in [0.4, 0.5) is 17.6 Å². The van der Waals surface area contributed by atoms with Gasteiger partial charge in [-0.1, -0.05) is 30.3 Å². The Balaban J connectivity index is 1.79. The summed E-state index contributed by atoms with van der Waals surface area (Å²) in [6.45, 7) is 0. The minimum atomic E-state index is -4.46. The van der Waals surface area contributed by atoms with Crippen LogP contribution in [0.3, 0.4) is 0 Å². The van der Waals surface area contributed by atoms with E-state index in [9.17, 15) is 27.2 Å². The van der Waals surface area contributed by atoms with E-state index in [0.717, 1.165) is 29.5 Å². The van der Waals surface area contributed by atoms with E-state index in [-0.39, 0.29) is 11.3 Å². The number of hydrogen-bond donors (Lipinski definition) is 2. The van der Waals surface area contributed by atoms with Crippen molar-refractivity contribution in [2.45, 2.75) is 18.6 Å². The number of carboxylic acid groups (broad SMARTS) is 1. The molecule has 30 heavy (non-hydrogen) atoms. The molecule has 0 spiro atoms. The normalized spacial score (nSPS) is 12.4. The van der Waals surface area contributed by atoms with Gasteiger partial charge in [-0.15, -0.1) is 11.3 Å². The van der Waals surface area contributed by atoms with Crippen molar-refractivity contribution in [2.75, 3.05) is 0 Å². The van der Waals surface area contributed by atoms with Crippen LogP contribution in [0.1, 0.15) is 34.1 Å². The maximum absolute atomic E-state index is 14.0. The summed E-state index contributed by atoms with van der Waals surface area (Å²) < 4.78 is 52.1. The predicted octanol–water partition coefficient (Wildman–Crippen LogP) is 4.91. The van der Waals surface area contributed by atoms with Crippen molar-refractivity contribution in [2.24, 2.45) is 0 Å². The summed E-state index contributed by atoms with van der Waals surface area (Å²) in [6, 6.07) is 8.69. The smallest absolute Gasteiger partial charge is 0.416 e. The molecule has 0 saturated carbocycles. The number of thiazole rings is 1. The topological polar surface area (TPSA) is 79.3 Å². The molecule has 156 valence electrons. The molecule has 1 amide bonds. The van der Waals surface area contributed by atoms with Crippen molar-refractivity contribution in [1.82, 2.24) is 10.3 Å². The van der Waals surface area contributed by atoms with Crippen LogP contribution >= 0.6 is 11.3 Å². The molecule has 5 nitrogen and oxygen atoms in total. The first-order valence-corrected chi connectivity index (χ1v) is 9.43. The van der Waals surface area contributed by atoms with Gasteiger partial charge in [0.15, 0.2) is 0 Å². The van der Waals surface area contributed by atoms with Gasteiger partial charge in [-0.25, -0.2) is 9.37 Å². The van der Waals surface area contributed by atoms with E-state index in [2.05, 4.69) is 10.3 Å². The van der Waals surface area contributed by atoms with Crippen LogP contribution in [0, 0.1) is 5.82 Å². The Morgan fingerprint density at radius 3 is 2.37 bits per heavy atom. The first kappa shape index (κ1) is 21.4. The van der Waals surface area contributed by atoms with Crippen molar-refractivity contribution >= 4 is 23.2 Å². The fourth-order valence-corrected chi connectivity index (χ4v) is 3.52. The van der Waals surface area contributed by atoms with Crippen LogP contribution in [-0.2, 0) is 11.0 Å². The van der Waals surface area contributed by atoms with E-state index in [1.54, 1.807) is 0 Å². The van der Waals surface area contributed by atoms with Gasteiger partial charge in [-0.3, -0.25) is 9.59 Å². The number of halogens is 4. The lowest BCUT2D eigenvalue weighted by atomic mass is 10.0. The third-order valence-electron chi connectivity index (χ3n) is 4.16. The van der Waals surface area contributed by atoms with Crippen LogP contribution in [0.5, 0.6) is 0 Å². The number of amides is 1. The molecule has 0 aliphatic heterocycles. The first-order valence-electron chi connectivity index (χ1n) is 8.55. The Bertz CT molecular complexity index is 1060. The van der Waals surface area contributed by atoms with Gasteiger partial charge in [-0.2, -0.15) is 13.2 Å². The molecule has 0 fully saturated rings. The van der Waals surface area contributed by atoms with E-state index >= 15 is 0 Å². The number of rotatable bonds is 6. The SMILES string of the molecule is O=C(O)CC(NC(=O)c1csc(-c2ccc(C(F)(F)F)cc2)n1)c1ccccc1F. The van der Waals surface area contributed by atoms with Crippen molar-refractivity contribution in [3.8, 4) is 10.6 Å². The molecule has 3 rings (SSSR count). The van der Waals surface area contributed by atoms with Crippen LogP contribution in [0.15, 0.2) is 53.9 Å².